The summed E-state index contributed by atoms with van der Waals surface area (Å²) < 4.78 is 0. The summed E-state index contributed by atoms with van der Waals surface area (Å²) in [7, 11) is 2.45. The van der Waals surface area contributed by atoms with E-state index in [1.807, 2.05) is 0 Å². The van der Waals surface area contributed by atoms with Crippen LogP contribution in [0.5, 0.6) is 0 Å². The van der Waals surface area contributed by atoms with Crippen LogP contribution in [-0.2, 0) is 0 Å². The molecule has 58 valence electrons. The first-order chi connectivity index (χ1) is 4.91. The van der Waals surface area contributed by atoms with E-state index in [-0.39, 0.29) is 0 Å². The summed E-state index contributed by atoms with van der Waals surface area (Å²) in [6.07, 6.45) is 7.24. The number of unbranched alkanes of at least 4 members (excludes halogenated alkanes) is 4. The molecule has 0 saturated heterocycles. The first-order valence-corrected chi connectivity index (χ1v) is 8.02. The zero-order valence-corrected chi connectivity index (χ0v) is 9.24. The smallest absolute Gasteiger partial charge is 0.0219 e. The van der Waals surface area contributed by atoms with E-state index in [0.29, 0.717) is 0 Å². The first-order valence-electron chi connectivity index (χ1n) is 4.31. The third-order valence-electron chi connectivity index (χ3n) is 1.58. The lowest BCUT2D eigenvalue weighted by Crippen LogP contribution is -1.96. The van der Waals surface area contributed by atoms with Crippen LogP contribution >= 0.6 is 0 Å². The normalized spacial score (nSPS) is 10.2. The first kappa shape index (κ1) is 10.4. The molecule has 0 nitrogen and oxygen atoms in total. The van der Waals surface area contributed by atoms with Crippen LogP contribution in [0.3, 0.4) is 0 Å². The Morgan fingerprint density at radius 1 is 1.00 bits per heavy atom. The molecule has 0 saturated carbocycles. The van der Waals surface area contributed by atoms with Crippen molar-refractivity contribution in [1.29, 1.82) is 0 Å². The average Bonchev–Trinajstić information content (AvgIpc) is 1.97. The van der Waals surface area contributed by atoms with Crippen molar-refractivity contribution in [3.63, 3.8) is 0 Å². The van der Waals surface area contributed by atoms with Gasteiger partial charge in [-0.3, -0.25) is 0 Å². The van der Waals surface area contributed by atoms with Crippen molar-refractivity contribution in [1.82, 2.24) is 0 Å². The fraction of sp³-hybridized carbons (Fsp3) is 1.00. The van der Waals surface area contributed by atoms with Crippen molar-refractivity contribution < 1.29 is 0 Å². The van der Waals surface area contributed by atoms with Gasteiger partial charge in [-0.1, -0.05) is 51.6 Å². The van der Waals surface area contributed by atoms with Crippen molar-refractivity contribution in [2.24, 2.45) is 0 Å². The molecule has 10 heavy (non-hydrogen) atoms. The van der Waals surface area contributed by atoms with E-state index in [9.17, 15) is 0 Å². The van der Waals surface area contributed by atoms with Gasteiger partial charge < -0.3 is 0 Å². The zero-order valence-electron chi connectivity index (χ0n) is 7.24. The highest BCUT2D eigenvalue weighted by Crippen LogP contribution is 2.04. The molecular formula is C8H18Si2. The molecule has 0 aromatic carbocycles. The fourth-order valence-corrected chi connectivity index (χ4v) is 2.90. The fourth-order valence-electron chi connectivity index (χ4n) is 0.942. The summed E-state index contributed by atoms with van der Waals surface area (Å²) >= 11 is 0. The van der Waals surface area contributed by atoms with E-state index in [1.165, 1.54) is 56.2 Å². The Morgan fingerprint density at radius 3 is 2.30 bits per heavy atom. The second kappa shape index (κ2) is 9.43. The van der Waals surface area contributed by atoms with Crippen molar-refractivity contribution in [2.75, 3.05) is 0 Å². The molecule has 0 aliphatic heterocycles. The molecule has 4 radical (unpaired) electrons. The maximum Gasteiger partial charge on any atom is 0.0219 e. The topological polar surface area (TPSA) is 0 Å². The van der Waals surface area contributed by atoms with E-state index in [4.69, 9.17) is 0 Å². The van der Waals surface area contributed by atoms with Gasteiger partial charge in [0.05, 0.1) is 0 Å². The molecule has 0 aromatic heterocycles. The van der Waals surface area contributed by atoms with Gasteiger partial charge in [0.15, 0.2) is 0 Å². The summed E-state index contributed by atoms with van der Waals surface area (Å²) in [6.45, 7) is 4.58. The third-order valence-corrected chi connectivity index (χ3v) is 4.35. The van der Waals surface area contributed by atoms with E-state index in [1.54, 1.807) is 0 Å². The van der Waals surface area contributed by atoms with Crippen molar-refractivity contribution in [3.8, 4) is 0 Å². The minimum absolute atomic E-state index is 1.20. The lowest BCUT2D eigenvalue weighted by Gasteiger charge is -1.96. The molecule has 0 aliphatic rings. The van der Waals surface area contributed by atoms with Gasteiger partial charge in [-0.25, -0.2) is 0 Å². The quantitative estimate of drug-likeness (QED) is 0.407. The predicted molar refractivity (Wildman–Crippen MR) is 50.9 cm³/mol. The molecule has 0 aliphatic carbocycles. The Labute approximate surface area is 70.2 Å². The molecule has 0 fully saturated rings. The van der Waals surface area contributed by atoms with Crippen LogP contribution in [0, 0.1) is 0 Å². The maximum atomic E-state index is 2.31. The Bertz CT molecular complexity index is 47.2. The molecule has 0 aromatic rings. The number of hydrogen-bond acceptors (Lipinski definition) is 0. The molecule has 0 atom stereocenters. The van der Waals surface area contributed by atoms with E-state index in [2.05, 4.69) is 13.5 Å². The molecule has 0 unspecified atom stereocenters. The summed E-state index contributed by atoms with van der Waals surface area (Å²) in [5.41, 5.74) is 0. The largest absolute Gasteiger partial charge is 0.0759 e. The number of rotatable bonds is 7. The standard InChI is InChI=1S/C8H18Si2/c1-3-4-5-6-7-8-10-9-2/h3-8H2,1-2H3. The van der Waals surface area contributed by atoms with Crippen LogP contribution in [0.1, 0.15) is 39.0 Å². The summed E-state index contributed by atoms with van der Waals surface area (Å²) in [4.78, 5) is 0. The maximum absolute atomic E-state index is 2.31. The van der Waals surface area contributed by atoms with E-state index < -0.39 is 0 Å². The molecule has 0 rings (SSSR count). The minimum atomic E-state index is 1.20. The van der Waals surface area contributed by atoms with Gasteiger partial charge in [-0.2, -0.15) is 0 Å². The van der Waals surface area contributed by atoms with Gasteiger partial charge in [0.25, 0.3) is 0 Å². The van der Waals surface area contributed by atoms with E-state index >= 15 is 0 Å². The van der Waals surface area contributed by atoms with Crippen molar-refractivity contribution in [3.05, 3.63) is 0 Å². The van der Waals surface area contributed by atoms with Gasteiger partial charge in [-0.15, -0.1) is 0 Å². The Balaban J connectivity index is 2.65. The van der Waals surface area contributed by atoms with Crippen LogP contribution in [0.25, 0.3) is 0 Å². The highest BCUT2D eigenvalue weighted by molar-refractivity contribution is 6.99. The lowest BCUT2D eigenvalue weighted by molar-refractivity contribution is 0.656. The van der Waals surface area contributed by atoms with Crippen molar-refractivity contribution in [2.45, 2.75) is 51.6 Å². The van der Waals surface area contributed by atoms with Crippen LogP contribution in [0.15, 0.2) is 0 Å². The molecule has 0 bridgehead atoms. The summed E-state index contributed by atoms with van der Waals surface area (Å²) in [6, 6.07) is 1.50. The van der Waals surface area contributed by atoms with Crippen LogP contribution < -0.4 is 0 Å². The monoisotopic (exact) mass is 170 g/mol. The van der Waals surface area contributed by atoms with Gasteiger partial charge >= 0.3 is 0 Å². The van der Waals surface area contributed by atoms with Crippen LogP contribution in [0.4, 0.5) is 0 Å². The zero-order chi connectivity index (χ0) is 7.66. The highest BCUT2D eigenvalue weighted by atomic mass is 29.1. The molecule has 0 spiro atoms. The Morgan fingerprint density at radius 2 is 1.70 bits per heavy atom. The average molecular weight is 170 g/mol. The highest BCUT2D eigenvalue weighted by Gasteiger charge is 1.88. The second-order valence-electron chi connectivity index (χ2n) is 2.59. The van der Waals surface area contributed by atoms with Gasteiger partial charge in [0, 0.05) is 18.1 Å². The Kier molecular flexibility index (Phi) is 9.84. The molecule has 0 amide bonds. The lowest BCUT2D eigenvalue weighted by atomic mass is 10.2. The molecule has 0 heterocycles. The SMILES string of the molecule is CCCCCCC[Si][Si]C. The predicted octanol–water partition coefficient (Wildman–Crippen LogP) is 2.75. The third kappa shape index (κ3) is 8.43. The number of hydrogen-bond donors (Lipinski definition) is 0. The summed E-state index contributed by atoms with van der Waals surface area (Å²) in [5, 5.41) is 0. The minimum Gasteiger partial charge on any atom is -0.0759 e. The molecule has 0 N–H and O–H groups in total. The second-order valence-corrected chi connectivity index (χ2v) is 6.51. The Hall–Kier alpha value is 0.434. The molecular weight excluding hydrogens is 152 g/mol. The van der Waals surface area contributed by atoms with Gasteiger partial charge in [-0.05, 0) is 0 Å². The van der Waals surface area contributed by atoms with E-state index in [0.717, 1.165) is 0 Å². The summed E-state index contributed by atoms with van der Waals surface area (Å²) in [5.74, 6) is 0. The van der Waals surface area contributed by atoms with Gasteiger partial charge in [0.2, 0.25) is 0 Å². The van der Waals surface area contributed by atoms with Crippen LogP contribution in [0.2, 0.25) is 12.6 Å². The van der Waals surface area contributed by atoms with Gasteiger partial charge in [0.1, 0.15) is 0 Å². The van der Waals surface area contributed by atoms with Crippen LogP contribution in [-0.4, -0.2) is 18.1 Å². The molecule has 2 heteroatoms. The van der Waals surface area contributed by atoms with Crippen molar-refractivity contribution >= 4 is 18.1 Å².